The van der Waals surface area contributed by atoms with Gasteiger partial charge in [-0.05, 0) is 45.3 Å². The van der Waals surface area contributed by atoms with Gasteiger partial charge in [0.05, 0.1) is 6.04 Å². The van der Waals surface area contributed by atoms with Crippen LogP contribution in [0.2, 0.25) is 0 Å². The molecule has 0 fully saturated rings. The lowest BCUT2D eigenvalue weighted by molar-refractivity contribution is -0.123. The molecule has 0 aromatic rings. The van der Waals surface area contributed by atoms with Gasteiger partial charge < -0.3 is 16.0 Å². The topological polar surface area (TPSA) is 58.4 Å². The van der Waals surface area contributed by atoms with Gasteiger partial charge in [0.25, 0.3) is 0 Å². The molecule has 2 atom stereocenters. The van der Waals surface area contributed by atoms with E-state index in [0.29, 0.717) is 0 Å². The SMILES string of the molecule is CCN(CC)CCCC(C)NC(=O)[C@@H](N)C(C)C.Cl.Cl. The first kappa shape index (κ1) is 25.0. The average Bonchev–Trinajstić information content (AvgIpc) is 2.33. The van der Waals surface area contributed by atoms with E-state index in [1.165, 1.54) is 0 Å². The second kappa shape index (κ2) is 13.9. The molecule has 124 valence electrons. The molecule has 0 rings (SSSR count). The van der Waals surface area contributed by atoms with Gasteiger partial charge in [-0.2, -0.15) is 0 Å². The molecule has 1 amide bonds. The van der Waals surface area contributed by atoms with Gasteiger partial charge >= 0.3 is 0 Å². The molecular weight excluding hydrogens is 297 g/mol. The first-order valence-corrected chi connectivity index (χ1v) is 7.20. The molecule has 1 unspecified atom stereocenters. The van der Waals surface area contributed by atoms with E-state index >= 15 is 0 Å². The number of halogens is 2. The number of carbonyl (C=O) groups is 1. The second-order valence-electron chi connectivity index (χ2n) is 5.35. The standard InChI is InChI=1S/C14H31N3O.2ClH/c1-6-17(7-2)10-8-9-12(5)16-14(18)13(15)11(3)4;;/h11-13H,6-10,15H2,1-5H3,(H,16,18);2*1H/t12?,13-;;/m0../s1. The molecule has 0 aliphatic carbocycles. The molecule has 0 bridgehead atoms. The largest absolute Gasteiger partial charge is 0.352 e. The van der Waals surface area contributed by atoms with E-state index in [-0.39, 0.29) is 42.7 Å². The molecule has 3 N–H and O–H groups in total. The molecule has 0 aliphatic rings. The van der Waals surface area contributed by atoms with Crippen LogP contribution >= 0.6 is 24.8 Å². The lowest BCUT2D eigenvalue weighted by Gasteiger charge is -2.21. The van der Waals surface area contributed by atoms with E-state index in [9.17, 15) is 4.79 Å². The van der Waals surface area contributed by atoms with E-state index in [0.717, 1.165) is 32.5 Å². The highest BCUT2D eigenvalue weighted by Crippen LogP contribution is 2.02. The number of rotatable bonds is 9. The maximum atomic E-state index is 11.8. The van der Waals surface area contributed by atoms with Gasteiger partial charge in [-0.1, -0.05) is 27.7 Å². The normalized spacial score (nSPS) is 13.4. The highest BCUT2D eigenvalue weighted by atomic mass is 35.5. The van der Waals surface area contributed by atoms with Gasteiger partial charge in [-0.25, -0.2) is 0 Å². The molecule has 0 heterocycles. The van der Waals surface area contributed by atoms with Crippen LogP contribution in [0.3, 0.4) is 0 Å². The van der Waals surface area contributed by atoms with Crippen molar-refractivity contribution in [1.29, 1.82) is 0 Å². The molecule has 0 saturated heterocycles. The first-order chi connectivity index (χ1) is 8.42. The van der Waals surface area contributed by atoms with Crippen molar-refractivity contribution in [3.63, 3.8) is 0 Å². The Hall–Kier alpha value is -0.0300. The number of nitrogens with one attached hydrogen (secondary N) is 1. The maximum Gasteiger partial charge on any atom is 0.237 e. The Labute approximate surface area is 137 Å². The van der Waals surface area contributed by atoms with Crippen LogP contribution in [0.4, 0.5) is 0 Å². The Kier molecular flexibility index (Phi) is 17.4. The highest BCUT2D eigenvalue weighted by Gasteiger charge is 2.18. The lowest BCUT2D eigenvalue weighted by atomic mass is 10.0. The summed E-state index contributed by atoms with van der Waals surface area (Å²) in [5.41, 5.74) is 5.81. The van der Waals surface area contributed by atoms with E-state index in [4.69, 9.17) is 5.73 Å². The van der Waals surface area contributed by atoms with Crippen molar-refractivity contribution >= 4 is 30.7 Å². The maximum absolute atomic E-state index is 11.8. The Morgan fingerprint density at radius 3 is 2.05 bits per heavy atom. The number of nitrogens with zero attached hydrogens (tertiary/aromatic N) is 1. The number of nitrogens with two attached hydrogens (primary N) is 1. The summed E-state index contributed by atoms with van der Waals surface area (Å²) in [7, 11) is 0. The van der Waals surface area contributed by atoms with E-state index < -0.39 is 6.04 Å². The Morgan fingerprint density at radius 1 is 1.15 bits per heavy atom. The highest BCUT2D eigenvalue weighted by molar-refractivity contribution is 5.85. The van der Waals surface area contributed by atoms with Crippen LogP contribution in [-0.2, 0) is 4.79 Å². The Morgan fingerprint density at radius 2 is 1.65 bits per heavy atom. The smallest absolute Gasteiger partial charge is 0.237 e. The van der Waals surface area contributed by atoms with Crippen molar-refractivity contribution in [3.8, 4) is 0 Å². The summed E-state index contributed by atoms with van der Waals surface area (Å²) < 4.78 is 0. The van der Waals surface area contributed by atoms with Crippen LogP contribution in [0.5, 0.6) is 0 Å². The van der Waals surface area contributed by atoms with Crippen LogP contribution in [-0.4, -0.2) is 42.5 Å². The van der Waals surface area contributed by atoms with Crippen molar-refractivity contribution in [3.05, 3.63) is 0 Å². The molecule has 0 aliphatic heterocycles. The monoisotopic (exact) mass is 329 g/mol. The van der Waals surface area contributed by atoms with Crippen molar-refractivity contribution in [2.45, 2.75) is 59.5 Å². The third-order valence-electron chi connectivity index (χ3n) is 3.42. The molecule has 0 aromatic heterocycles. The number of hydrogen-bond acceptors (Lipinski definition) is 3. The van der Waals surface area contributed by atoms with Gasteiger partial charge in [-0.15, -0.1) is 24.8 Å². The third-order valence-corrected chi connectivity index (χ3v) is 3.42. The summed E-state index contributed by atoms with van der Waals surface area (Å²) >= 11 is 0. The second-order valence-corrected chi connectivity index (χ2v) is 5.35. The van der Waals surface area contributed by atoms with Crippen LogP contribution in [0.15, 0.2) is 0 Å². The van der Waals surface area contributed by atoms with Crippen molar-refractivity contribution in [2.24, 2.45) is 11.7 Å². The quantitative estimate of drug-likeness (QED) is 0.683. The van der Waals surface area contributed by atoms with Gasteiger partial charge in [0.15, 0.2) is 0 Å². The fourth-order valence-electron chi connectivity index (χ4n) is 1.87. The van der Waals surface area contributed by atoms with Crippen molar-refractivity contribution in [1.82, 2.24) is 10.2 Å². The van der Waals surface area contributed by atoms with Gasteiger partial charge in [0.2, 0.25) is 5.91 Å². The van der Waals surface area contributed by atoms with Crippen LogP contribution in [0.1, 0.15) is 47.5 Å². The summed E-state index contributed by atoms with van der Waals surface area (Å²) in [6, 6.07) is -0.187. The predicted molar refractivity (Wildman–Crippen MR) is 91.9 cm³/mol. The first-order valence-electron chi connectivity index (χ1n) is 7.20. The Bertz CT molecular complexity index is 236. The number of hydrogen-bond donors (Lipinski definition) is 2. The van der Waals surface area contributed by atoms with Crippen LogP contribution < -0.4 is 11.1 Å². The zero-order valence-corrected chi connectivity index (χ0v) is 15.1. The summed E-state index contributed by atoms with van der Waals surface area (Å²) in [4.78, 5) is 14.2. The third kappa shape index (κ3) is 10.7. The van der Waals surface area contributed by atoms with Crippen LogP contribution in [0, 0.1) is 5.92 Å². The molecule has 4 nitrogen and oxygen atoms in total. The zero-order chi connectivity index (χ0) is 14.1. The lowest BCUT2D eigenvalue weighted by Crippen LogP contribution is -2.47. The van der Waals surface area contributed by atoms with E-state index in [2.05, 4.69) is 24.1 Å². The van der Waals surface area contributed by atoms with E-state index in [1.807, 2.05) is 20.8 Å². The summed E-state index contributed by atoms with van der Waals surface area (Å²) in [6.45, 7) is 13.6. The summed E-state index contributed by atoms with van der Waals surface area (Å²) in [5, 5.41) is 2.99. The van der Waals surface area contributed by atoms with Gasteiger partial charge in [0, 0.05) is 6.04 Å². The molecule has 6 heteroatoms. The van der Waals surface area contributed by atoms with Gasteiger partial charge in [0.1, 0.15) is 0 Å². The number of carbonyl (C=O) groups excluding carboxylic acids is 1. The molecule has 20 heavy (non-hydrogen) atoms. The number of amides is 1. The molecule has 0 saturated carbocycles. The minimum Gasteiger partial charge on any atom is -0.352 e. The fourth-order valence-corrected chi connectivity index (χ4v) is 1.87. The molecule has 0 aromatic carbocycles. The minimum atomic E-state index is -0.393. The summed E-state index contributed by atoms with van der Waals surface area (Å²) in [5.74, 6) is 0.160. The van der Waals surface area contributed by atoms with Gasteiger partial charge in [-0.3, -0.25) is 4.79 Å². The Balaban J connectivity index is -0.00000144. The average molecular weight is 330 g/mol. The molecular formula is C14H33Cl2N3O. The van der Waals surface area contributed by atoms with Crippen molar-refractivity contribution < 1.29 is 4.79 Å². The van der Waals surface area contributed by atoms with E-state index in [1.54, 1.807) is 0 Å². The van der Waals surface area contributed by atoms with Crippen molar-refractivity contribution in [2.75, 3.05) is 19.6 Å². The zero-order valence-electron chi connectivity index (χ0n) is 13.5. The van der Waals surface area contributed by atoms with Crippen LogP contribution in [0.25, 0.3) is 0 Å². The molecule has 0 spiro atoms. The molecule has 0 radical (unpaired) electrons. The summed E-state index contributed by atoms with van der Waals surface area (Å²) in [6.07, 6.45) is 2.12. The fraction of sp³-hybridized carbons (Fsp3) is 0.929. The predicted octanol–water partition coefficient (Wildman–Crippen LogP) is 2.44. The minimum absolute atomic E-state index is 0.